The average molecular weight is 604 g/mol. The predicted molar refractivity (Wildman–Crippen MR) is 171 cm³/mol. The molecule has 7 nitrogen and oxygen atoms in total. The molecule has 1 saturated heterocycles. The summed E-state index contributed by atoms with van der Waals surface area (Å²) in [6.45, 7) is 3.47. The molecule has 0 bridgehead atoms. The van der Waals surface area contributed by atoms with E-state index < -0.39 is 0 Å². The van der Waals surface area contributed by atoms with Crippen LogP contribution in [0.15, 0.2) is 91.0 Å². The number of amides is 2. The van der Waals surface area contributed by atoms with Crippen LogP contribution in [0.4, 0.5) is 17.1 Å². The van der Waals surface area contributed by atoms with Crippen LogP contribution in [-0.4, -0.2) is 51.6 Å². The van der Waals surface area contributed by atoms with Crippen molar-refractivity contribution in [1.82, 2.24) is 5.32 Å². The number of benzene rings is 4. The average Bonchev–Trinajstić information content (AvgIpc) is 3.03. The molecule has 0 aromatic heterocycles. The fourth-order valence-electron chi connectivity index (χ4n) is 5.05. The molecule has 1 heterocycles. The number of methoxy groups -OCH3 is 1. The molecule has 0 saturated carbocycles. The molecule has 1 aliphatic heterocycles. The number of carbonyl (C=O) groups excluding carboxylic acids is 2. The molecule has 2 N–H and O–H groups in total. The summed E-state index contributed by atoms with van der Waals surface area (Å²) in [5.74, 6) is 0.299. The second kappa shape index (κ2) is 13.6. The summed E-state index contributed by atoms with van der Waals surface area (Å²) < 4.78 is 5.56. The minimum absolute atomic E-state index is 0.196. The molecule has 4 aromatic carbocycles. The highest BCUT2D eigenvalue weighted by Gasteiger charge is 2.24. The molecule has 216 valence electrons. The maximum Gasteiger partial charge on any atom is 0.255 e. The second-order valence-corrected chi connectivity index (χ2v) is 10.8. The molecular weight excluding hydrogens is 571 g/mol. The molecule has 1 fully saturated rings. The minimum atomic E-state index is -0.345. The van der Waals surface area contributed by atoms with Crippen LogP contribution >= 0.6 is 23.2 Å². The van der Waals surface area contributed by atoms with Gasteiger partial charge in [-0.15, -0.1) is 0 Å². The maximum atomic E-state index is 13.5. The van der Waals surface area contributed by atoms with Crippen LogP contribution < -0.4 is 25.2 Å². The van der Waals surface area contributed by atoms with Crippen molar-refractivity contribution in [3.8, 4) is 5.75 Å². The summed E-state index contributed by atoms with van der Waals surface area (Å²) in [5.41, 5.74) is 4.40. The molecule has 9 heteroatoms. The van der Waals surface area contributed by atoms with Gasteiger partial charge in [0.25, 0.3) is 11.8 Å². The maximum absolute atomic E-state index is 13.5. The smallest absolute Gasteiger partial charge is 0.255 e. The Morgan fingerprint density at radius 2 is 1.45 bits per heavy atom. The van der Waals surface area contributed by atoms with Gasteiger partial charge in [0.1, 0.15) is 5.75 Å². The number of hydrogen-bond donors (Lipinski definition) is 2. The molecule has 1 aliphatic rings. The van der Waals surface area contributed by atoms with Crippen LogP contribution in [0.5, 0.6) is 5.75 Å². The number of nitrogens with zero attached hydrogens (tertiary/aromatic N) is 2. The third-order valence-electron chi connectivity index (χ3n) is 7.27. The number of carbonyl (C=O) groups is 2. The Labute approximate surface area is 256 Å². The molecule has 0 spiro atoms. The number of anilines is 3. The van der Waals surface area contributed by atoms with E-state index in [-0.39, 0.29) is 11.8 Å². The molecule has 0 atom stereocenters. The van der Waals surface area contributed by atoms with Crippen LogP contribution in [0.1, 0.15) is 26.3 Å². The van der Waals surface area contributed by atoms with Gasteiger partial charge in [-0.3, -0.25) is 9.59 Å². The zero-order valence-electron chi connectivity index (χ0n) is 23.3. The van der Waals surface area contributed by atoms with Gasteiger partial charge in [-0.05, 0) is 60.5 Å². The van der Waals surface area contributed by atoms with Gasteiger partial charge in [0.05, 0.1) is 28.4 Å². The molecule has 5 rings (SSSR count). The Bertz CT molecular complexity index is 1560. The molecule has 0 aliphatic carbocycles. The van der Waals surface area contributed by atoms with Crippen molar-refractivity contribution in [2.45, 2.75) is 6.42 Å². The summed E-state index contributed by atoms with van der Waals surface area (Å²) in [5, 5.41) is 6.63. The Kier molecular flexibility index (Phi) is 9.52. The zero-order chi connectivity index (χ0) is 29.5. The van der Waals surface area contributed by atoms with Crippen LogP contribution in [0, 0.1) is 0 Å². The number of halogens is 2. The first kappa shape index (κ1) is 29.3. The lowest BCUT2D eigenvalue weighted by atomic mass is 10.1. The first-order chi connectivity index (χ1) is 20.4. The summed E-state index contributed by atoms with van der Waals surface area (Å²) in [4.78, 5) is 31.0. The third kappa shape index (κ3) is 6.98. The number of hydrogen-bond acceptors (Lipinski definition) is 5. The highest BCUT2D eigenvalue weighted by atomic mass is 35.5. The fourth-order valence-corrected chi connectivity index (χ4v) is 5.35. The van der Waals surface area contributed by atoms with Gasteiger partial charge >= 0.3 is 0 Å². The lowest BCUT2D eigenvalue weighted by Gasteiger charge is -2.38. The van der Waals surface area contributed by atoms with Crippen LogP contribution in [0.3, 0.4) is 0 Å². The highest BCUT2D eigenvalue weighted by molar-refractivity contribution is 6.42. The Morgan fingerprint density at radius 1 is 0.762 bits per heavy atom. The number of para-hydroxylation sites is 2. The Hall–Kier alpha value is -4.20. The molecular formula is C33H32Cl2N4O3. The largest absolute Gasteiger partial charge is 0.495 e. The number of ether oxygens (including phenoxy) is 1. The van der Waals surface area contributed by atoms with E-state index in [0.29, 0.717) is 39.8 Å². The van der Waals surface area contributed by atoms with Crippen molar-refractivity contribution < 1.29 is 14.3 Å². The SMILES string of the molecule is COc1ccccc1N1CCN(c2ccc(NC(=O)c3ccc(Cl)c(Cl)c3)cc2C(=O)NCCc2ccccc2)CC1. The van der Waals surface area contributed by atoms with Crippen LogP contribution in [-0.2, 0) is 6.42 Å². The van der Waals surface area contributed by atoms with Gasteiger partial charge in [-0.1, -0.05) is 65.7 Å². The molecule has 2 amide bonds. The standard InChI is InChI=1S/C33H32Cl2N4O3/c1-42-31-10-6-5-9-30(31)39-19-17-38(18-20-39)29-14-12-25(37-32(40)24-11-13-27(34)28(35)21-24)22-26(29)33(41)36-16-15-23-7-3-2-4-8-23/h2-14,21-22H,15-20H2,1H3,(H,36,41)(H,37,40). The summed E-state index contributed by atoms with van der Waals surface area (Å²) in [6.07, 6.45) is 0.716. The van der Waals surface area contributed by atoms with E-state index in [1.807, 2.05) is 60.7 Å². The van der Waals surface area contributed by atoms with E-state index in [2.05, 4.69) is 26.5 Å². The Morgan fingerprint density at radius 3 is 2.17 bits per heavy atom. The third-order valence-corrected chi connectivity index (χ3v) is 8.01. The summed E-state index contributed by atoms with van der Waals surface area (Å²) in [7, 11) is 1.68. The van der Waals surface area contributed by atoms with Crippen molar-refractivity contribution in [1.29, 1.82) is 0 Å². The first-order valence-corrected chi connectivity index (χ1v) is 14.5. The molecule has 0 radical (unpaired) electrons. The number of rotatable bonds is 9. The first-order valence-electron chi connectivity index (χ1n) is 13.8. The predicted octanol–water partition coefficient (Wildman–Crippen LogP) is 6.55. The topological polar surface area (TPSA) is 73.9 Å². The van der Waals surface area contributed by atoms with Gasteiger partial charge in [0.15, 0.2) is 0 Å². The van der Waals surface area contributed by atoms with E-state index in [1.165, 1.54) is 6.07 Å². The van der Waals surface area contributed by atoms with E-state index in [0.717, 1.165) is 48.9 Å². The van der Waals surface area contributed by atoms with Crippen molar-refractivity contribution >= 4 is 52.1 Å². The van der Waals surface area contributed by atoms with Gasteiger partial charge < -0.3 is 25.2 Å². The summed E-state index contributed by atoms with van der Waals surface area (Å²) in [6, 6.07) is 28.2. The molecule has 42 heavy (non-hydrogen) atoms. The minimum Gasteiger partial charge on any atom is -0.495 e. The fraction of sp³-hybridized carbons (Fsp3) is 0.212. The van der Waals surface area contributed by atoms with E-state index in [1.54, 1.807) is 25.3 Å². The van der Waals surface area contributed by atoms with Crippen molar-refractivity contribution in [2.24, 2.45) is 0 Å². The monoisotopic (exact) mass is 602 g/mol. The van der Waals surface area contributed by atoms with Gasteiger partial charge in [-0.25, -0.2) is 0 Å². The molecule has 0 unspecified atom stereocenters. The van der Waals surface area contributed by atoms with Crippen molar-refractivity contribution in [3.63, 3.8) is 0 Å². The number of piperazine rings is 1. The van der Waals surface area contributed by atoms with Crippen molar-refractivity contribution in [2.75, 3.05) is 55.0 Å². The van der Waals surface area contributed by atoms with Gasteiger partial charge in [-0.2, -0.15) is 0 Å². The highest BCUT2D eigenvalue weighted by Crippen LogP contribution is 2.31. The van der Waals surface area contributed by atoms with Crippen molar-refractivity contribution in [3.05, 3.63) is 118 Å². The normalized spacial score (nSPS) is 13.0. The zero-order valence-corrected chi connectivity index (χ0v) is 24.8. The van der Waals surface area contributed by atoms with Gasteiger partial charge in [0.2, 0.25) is 0 Å². The second-order valence-electron chi connectivity index (χ2n) is 9.95. The quantitative estimate of drug-likeness (QED) is 0.227. The summed E-state index contributed by atoms with van der Waals surface area (Å²) >= 11 is 12.1. The van der Waals surface area contributed by atoms with Crippen LogP contribution in [0.25, 0.3) is 0 Å². The van der Waals surface area contributed by atoms with E-state index >= 15 is 0 Å². The molecule has 4 aromatic rings. The Balaban J connectivity index is 1.34. The lowest BCUT2D eigenvalue weighted by molar-refractivity contribution is 0.0953. The van der Waals surface area contributed by atoms with Crippen LogP contribution in [0.2, 0.25) is 10.0 Å². The van der Waals surface area contributed by atoms with Gasteiger partial charge in [0, 0.05) is 49.7 Å². The number of nitrogens with one attached hydrogen (secondary N) is 2. The lowest BCUT2D eigenvalue weighted by Crippen LogP contribution is -2.47. The van der Waals surface area contributed by atoms with E-state index in [4.69, 9.17) is 27.9 Å². The van der Waals surface area contributed by atoms with E-state index in [9.17, 15) is 9.59 Å².